The van der Waals surface area contributed by atoms with Crippen LogP contribution in [-0.2, 0) is 9.59 Å². The summed E-state index contributed by atoms with van der Waals surface area (Å²) in [4.78, 5) is 37.9. The second-order valence-corrected chi connectivity index (χ2v) is 7.78. The molecule has 0 unspecified atom stereocenters. The van der Waals surface area contributed by atoms with Crippen molar-refractivity contribution in [3.8, 4) is 0 Å². The summed E-state index contributed by atoms with van der Waals surface area (Å²) >= 11 is 12.0. The molecule has 0 fully saturated rings. The molecule has 3 amide bonds. The minimum atomic E-state index is -1.11. The first-order valence-corrected chi connectivity index (χ1v) is 10.3. The van der Waals surface area contributed by atoms with Crippen LogP contribution in [-0.4, -0.2) is 22.4 Å². The number of para-hydroxylation sites is 1. The Balaban J connectivity index is 1.64. The van der Waals surface area contributed by atoms with E-state index in [1.807, 2.05) is 0 Å². The third-order valence-electron chi connectivity index (χ3n) is 4.62. The number of benzene rings is 3. The number of aromatic nitrogens is 1. The lowest BCUT2D eigenvalue weighted by molar-refractivity contribution is -0.133. The number of halogens is 3. The molecule has 0 bridgehead atoms. The molecule has 0 saturated heterocycles. The number of carbonyl (C=O) groups is 3. The summed E-state index contributed by atoms with van der Waals surface area (Å²) in [6.45, 7) is 0. The molecule has 0 aliphatic rings. The lowest BCUT2D eigenvalue weighted by Crippen LogP contribution is -2.36. The average Bonchev–Trinajstić information content (AvgIpc) is 3.12. The highest BCUT2D eigenvalue weighted by molar-refractivity contribution is 6.42. The first-order chi connectivity index (χ1) is 15.8. The van der Waals surface area contributed by atoms with Crippen molar-refractivity contribution in [2.24, 2.45) is 0 Å². The molecule has 0 saturated carbocycles. The molecule has 4 aromatic rings. The maximum absolute atomic E-state index is 13.8. The normalized spacial score (nSPS) is 10.6. The Morgan fingerprint density at radius 1 is 0.788 bits per heavy atom. The Morgan fingerprint density at radius 2 is 1.55 bits per heavy atom. The largest absolute Gasteiger partial charge is 0.328 e. The van der Waals surface area contributed by atoms with Crippen LogP contribution in [0.1, 0.15) is 10.5 Å². The van der Waals surface area contributed by atoms with E-state index in [-0.39, 0.29) is 11.4 Å². The van der Waals surface area contributed by atoms with Gasteiger partial charge in [-0.3, -0.25) is 19.8 Å². The van der Waals surface area contributed by atoms with Crippen LogP contribution in [0.25, 0.3) is 10.9 Å². The molecule has 166 valence electrons. The number of anilines is 2. The number of rotatable bonds is 4. The number of carbonyl (C=O) groups excluding carboxylic acids is 3. The Hall–Kier alpha value is -3.88. The second-order valence-electron chi connectivity index (χ2n) is 6.91. The molecule has 0 radical (unpaired) electrons. The Labute approximate surface area is 197 Å². The van der Waals surface area contributed by atoms with Gasteiger partial charge in [0.25, 0.3) is 5.91 Å². The zero-order valence-electron chi connectivity index (χ0n) is 16.7. The van der Waals surface area contributed by atoms with Crippen LogP contribution in [0.5, 0.6) is 0 Å². The fourth-order valence-electron chi connectivity index (χ4n) is 3.13. The van der Waals surface area contributed by atoms with Gasteiger partial charge in [-0.1, -0.05) is 41.4 Å². The Bertz CT molecular complexity index is 1400. The van der Waals surface area contributed by atoms with E-state index >= 15 is 0 Å². The lowest BCUT2D eigenvalue weighted by atomic mass is 10.2. The zero-order chi connectivity index (χ0) is 23.5. The standard InChI is InChI=1S/C23H15Cl2FN4O3/c24-14-4-3-5-16(12-14)27-21(31)20-11-13-10-15(25)8-9-19(13)30(20)29-23(33)22(32)28-18-7-2-1-6-17(18)26/h1-12H,(H,27,31)(H,28,32)(H,29,33). The van der Waals surface area contributed by atoms with E-state index in [9.17, 15) is 18.8 Å². The molecule has 3 N–H and O–H groups in total. The summed E-state index contributed by atoms with van der Waals surface area (Å²) in [6, 6.07) is 18.2. The number of hydrogen-bond donors (Lipinski definition) is 3. The van der Waals surface area contributed by atoms with Crippen LogP contribution in [0.4, 0.5) is 15.8 Å². The summed E-state index contributed by atoms with van der Waals surface area (Å²) < 4.78 is 15.0. The van der Waals surface area contributed by atoms with Gasteiger partial charge in [-0.2, -0.15) is 0 Å². The molecule has 1 aromatic heterocycles. The molecule has 1 heterocycles. The first kappa shape index (κ1) is 22.3. The van der Waals surface area contributed by atoms with Gasteiger partial charge < -0.3 is 10.6 Å². The lowest BCUT2D eigenvalue weighted by Gasteiger charge is -2.13. The van der Waals surface area contributed by atoms with Crippen LogP contribution in [0.3, 0.4) is 0 Å². The SMILES string of the molecule is O=C(Nc1ccccc1F)C(=O)Nn1c(C(=O)Nc2cccc(Cl)c2)cc2cc(Cl)ccc21. The van der Waals surface area contributed by atoms with Gasteiger partial charge in [-0.15, -0.1) is 0 Å². The summed E-state index contributed by atoms with van der Waals surface area (Å²) in [5, 5.41) is 6.28. The monoisotopic (exact) mass is 484 g/mol. The van der Waals surface area contributed by atoms with Crippen LogP contribution >= 0.6 is 23.2 Å². The van der Waals surface area contributed by atoms with E-state index in [0.29, 0.717) is 26.6 Å². The molecule has 3 aromatic carbocycles. The highest BCUT2D eigenvalue weighted by Crippen LogP contribution is 2.24. The minimum absolute atomic E-state index is 0.0271. The van der Waals surface area contributed by atoms with Gasteiger partial charge in [-0.25, -0.2) is 9.07 Å². The van der Waals surface area contributed by atoms with Crippen LogP contribution in [0.15, 0.2) is 72.8 Å². The minimum Gasteiger partial charge on any atom is -0.321 e. The zero-order valence-corrected chi connectivity index (χ0v) is 18.2. The molecular weight excluding hydrogens is 470 g/mol. The number of fused-ring (bicyclic) bond motifs is 1. The van der Waals surface area contributed by atoms with E-state index in [2.05, 4.69) is 16.1 Å². The van der Waals surface area contributed by atoms with Gasteiger partial charge >= 0.3 is 11.8 Å². The topological polar surface area (TPSA) is 92.2 Å². The number of nitrogens with zero attached hydrogens (tertiary/aromatic N) is 1. The van der Waals surface area contributed by atoms with Crippen molar-refractivity contribution in [2.45, 2.75) is 0 Å². The quantitative estimate of drug-likeness (QED) is 0.354. The van der Waals surface area contributed by atoms with Crippen molar-refractivity contribution in [3.05, 3.63) is 94.4 Å². The van der Waals surface area contributed by atoms with Crippen molar-refractivity contribution >= 4 is 63.2 Å². The predicted molar refractivity (Wildman–Crippen MR) is 126 cm³/mol. The third kappa shape index (κ3) is 4.97. The summed E-state index contributed by atoms with van der Waals surface area (Å²) in [7, 11) is 0. The van der Waals surface area contributed by atoms with E-state index in [1.165, 1.54) is 24.3 Å². The summed E-state index contributed by atoms with van der Waals surface area (Å²) in [5.41, 5.74) is 3.11. The van der Waals surface area contributed by atoms with Crippen molar-refractivity contribution in [2.75, 3.05) is 16.1 Å². The van der Waals surface area contributed by atoms with Crippen molar-refractivity contribution < 1.29 is 18.8 Å². The molecule has 7 nitrogen and oxygen atoms in total. The Kier molecular flexibility index (Phi) is 6.30. The van der Waals surface area contributed by atoms with E-state index < -0.39 is 23.5 Å². The third-order valence-corrected chi connectivity index (χ3v) is 5.09. The highest BCUT2D eigenvalue weighted by Gasteiger charge is 2.22. The molecule has 0 spiro atoms. The fraction of sp³-hybridized carbons (Fsp3) is 0. The second kappa shape index (κ2) is 9.32. The van der Waals surface area contributed by atoms with E-state index in [4.69, 9.17) is 23.2 Å². The van der Waals surface area contributed by atoms with Crippen molar-refractivity contribution in [3.63, 3.8) is 0 Å². The van der Waals surface area contributed by atoms with Gasteiger partial charge in [0.1, 0.15) is 11.5 Å². The summed E-state index contributed by atoms with van der Waals surface area (Å²) in [5.74, 6) is -3.49. The summed E-state index contributed by atoms with van der Waals surface area (Å²) in [6.07, 6.45) is 0. The van der Waals surface area contributed by atoms with Crippen LogP contribution in [0, 0.1) is 5.82 Å². The highest BCUT2D eigenvalue weighted by atomic mass is 35.5. The smallest absolute Gasteiger partial charge is 0.321 e. The first-order valence-electron chi connectivity index (χ1n) is 9.56. The van der Waals surface area contributed by atoms with E-state index in [1.54, 1.807) is 42.5 Å². The van der Waals surface area contributed by atoms with Crippen LogP contribution < -0.4 is 16.1 Å². The average molecular weight is 485 g/mol. The molecule has 33 heavy (non-hydrogen) atoms. The van der Waals surface area contributed by atoms with Crippen LogP contribution in [0.2, 0.25) is 10.0 Å². The van der Waals surface area contributed by atoms with E-state index in [0.717, 1.165) is 10.7 Å². The molecule has 4 rings (SSSR count). The molecular formula is C23H15Cl2FN4O3. The maximum Gasteiger partial charge on any atom is 0.328 e. The molecule has 0 aliphatic heterocycles. The van der Waals surface area contributed by atoms with Crippen molar-refractivity contribution in [1.29, 1.82) is 0 Å². The fourth-order valence-corrected chi connectivity index (χ4v) is 3.50. The predicted octanol–water partition coefficient (Wildman–Crippen LogP) is 5.05. The van der Waals surface area contributed by atoms with Gasteiger partial charge in [-0.05, 0) is 54.6 Å². The van der Waals surface area contributed by atoms with Gasteiger partial charge in [0.05, 0.1) is 11.2 Å². The van der Waals surface area contributed by atoms with Gasteiger partial charge in [0, 0.05) is 21.1 Å². The Morgan fingerprint density at radius 3 is 2.30 bits per heavy atom. The molecule has 0 atom stereocenters. The number of nitrogens with one attached hydrogen (secondary N) is 3. The van der Waals surface area contributed by atoms with Crippen molar-refractivity contribution in [1.82, 2.24) is 4.68 Å². The number of amides is 3. The van der Waals surface area contributed by atoms with Gasteiger partial charge in [0.2, 0.25) is 0 Å². The van der Waals surface area contributed by atoms with Gasteiger partial charge in [0.15, 0.2) is 0 Å². The number of hydrogen-bond acceptors (Lipinski definition) is 3. The molecule has 0 aliphatic carbocycles. The maximum atomic E-state index is 13.8. The molecule has 10 heteroatoms.